The normalized spacial score (nSPS) is 21.2. The molecule has 3 aromatic carbocycles. The maximum Gasteiger partial charge on any atom is 0.288 e. The van der Waals surface area contributed by atoms with Crippen LogP contribution >= 0.6 is 11.6 Å². The van der Waals surface area contributed by atoms with Crippen molar-refractivity contribution >= 4 is 28.9 Å². The number of hydrogen-bond donors (Lipinski definition) is 2. The van der Waals surface area contributed by atoms with E-state index >= 15 is 0 Å². The highest BCUT2D eigenvalue weighted by Crippen LogP contribution is 2.51. The molecule has 0 saturated heterocycles. The molecule has 1 amide bonds. The maximum absolute atomic E-state index is 13.3. The molecule has 1 aliphatic carbocycles. The molecule has 1 heterocycles. The Balaban J connectivity index is 1.51. The van der Waals surface area contributed by atoms with Crippen LogP contribution in [0.5, 0.6) is 0 Å². The smallest absolute Gasteiger partial charge is 0.288 e. The summed E-state index contributed by atoms with van der Waals surface area (Å²) in [7, 11) is 0. The van der Waals surface area contributed by atoms with E-state index in [4.69, 9.17) is 11.6 Å². The molecule has 0 saturated carbocycles. The lowest BCUT2D eigenvalue weighted by atomic mass is 9.76. The average Bonchev–Trinajstić information content (AvgIpc) is 3.34. The highest BCUT2D eigenvalue weighted by molar-refractivity contribution is 6.32. The Morgan fingerprint density at radius 3 is 2.71 bits per heavy atom. The van der Waals surface area contributed by atoms with E-state index in [1.807, 2.05) is 61.5 Å². The molecule has 0 spiro atoms. The summed E-state index contributed by atoms with van der Waals surface area (Å²) in [5, 5.41) is 18.3. The minimum atomic E-state index is -0.461. The highest BCUT2D eigenvalue weighted by atomic mass is 35.5. The third-order valence-corrected chi connectivity index (χ3v) is 7.13. The van der Waals surface area contributed by atoms with Gasteiger partial charge in [0.25, 0.3) is 11.6 Å². The molecule has 4 atom stereocenters. The van der Waals surface area contributed by atoms with Crippen molar-refractivity contribution in [3.05, 3.63) is 116 Å². The van der Waals surface area contributed by atoms with Gasteiger partial charge in [-0.15, -0.1) is 0 Å². The number of rotatable bonds is 5. The van der Waals surface area contributed by atoms with Crippen LogP contribution in [0, 0.1) is 16.0 Å². The largest absolute Gasteiger partial charge is 0.377 e. The van der Waals surface area contributed by atoms with Gasteiger partial charge < -0.3 is 10.6 Å². The van der Waals surface area contributed by atoms with Crippen molar-refractivity contribution in [2.75, 3.05) is 5.32 Å². The lowest BCUT2D eigenvalue weighted by molar-refractivity contribution is -0.384. The Morgan fingerprint density at radius 2 is 1.94 bits per heavy atom. The minimum absolute atomic E-state index is 0.112. The second-order valence-electron chi connectivity index (χ2n) is 8.82. The SMILES string of the molecule is CC(NC(=O)c1cccc2c1NC(c1ccc(Cl)c([N+](=O)[O-])c1)C1CC=CC21)c1ccccc1. The number of para-hydroxylation sites is 1. The summed E-state index contributed by atoms with van der Waals surface area (Å²) < 4.78 is 0. The van der Waals surface area contributed by atoms with Gasteiger partial charge in [-0.1, -0.05) is 72.3 Å². The van der Waals surface area contributed by atoms with Crippen molar-refractivity contribution in [1.29, 1.82) is 0 Å². The monoisotopic (exact) mass is 473 g/mol. The first-order chi connectivity index (χ1) is 16.4. The van der Waals surface area contributed by atoms with Gasteiger partial charge in [-0.3, -0.25) is 14.9 Å². The molecule has 0 aromatic heterocycles. The summed E-state index contributed by atoms with van der Waals surface area (Å²) in [5.41, 5.74) is 4.10. The fourth-order valence-electron chi connectivity index (χ4n) is 5.10. The van der Waals surface area contributed by atoms with E-state index in [-0.39, 0.29) is 40.5 Å². The van der Waals surface area contributed by atoms with E-state index in [0.717, 1.165) is 28.8 Å². The van der Waals surface area contributed by atoms with E-state index in [2.05, 4.69) is 22.8 Å². The molecule has 3 aromatic rings. The molecule has 0 bridgehead atoms. The number of allylic oxidation sites excluding steroid dienone is 2. The molecule has 0 radical (unpaired) electrons. The van der Waals surface area contributed by atoms with Gasteiger partial charge in [-0.05, 0) is 48.1 Å². The third-order valence-electron chi connectivity index (χ3n) is 6.81. The van der Waals surface area contributed by atoms with Gasteiger partial charge in [0.15, 0.2) is 0 Å². The quantitative estimate of drug-likeness (QED) is 0.249. The Kier molecular flexibility index (Phi) is 5.84. The highest BCUT2D eigenvalue weighted by Gasteiger charge is 2.39. The van der Waals surface area contributed by atoms with E-state index in [1.165, 1.54) is 0 Å². The van der Waals surface area contributed by atoms with Crippen LogP contribution in [0.1, 0.15) is 58.4 Å². The van der Waals surface area contributed by atoms with Crippen LogP contribution in [-0.4, -0.2) is 10.8 Å². The zero-order valence-electron chi connectivity index (χ0n) is 18.6. The van der Waals surface area contributed by atoms with E-state index in [9.17, 15) is 14.9 Å². The molecule has 0 fully saturated rings. The van der Waals surface area contributed by atoms with Crippen molar-refractivity contribution < 1.29 is 9.72 Å². The lowest BCUT2D eigenvalue weighted by Crippen LogP contribution is -2.33. The molecule has 172 valence electrons. The molecular formula is C27H24ClN3O3. The topological polar surface area (TPSA) is 84.3 Å². The van der Waals surface area contributed by atoms with Crippen LogP contribution in [0.2, 0.25) is 5.02 Å². The van der Waals surface area contributed by atoms with E-state index in [0.29, 0.717) is 5.56 Å². The van der Waals surface area contributed by atoms with Crippen molar-refractivity contribution in [3.63, 3.8) is 0 Å². The minimum Gasteiger partial charge on any atom is -0.377 e. The molecule has 5 rings (SSSR count). The molecule has 7 heteroatoms. The van der Waals surface area contributed by atoms with Crippen LogP contribution in [-0.2, 0) is 0 Å². The fourth-order valence-corrected chi connectivity index (χ4v) is 5.29. The van der Waals surface area contributed by atoms with Gasteiger partial charge in [0.1, 0.15) is 5.02 Å². The molecule has 34 heavy (non-hydrogen) atoms. The van der Waals surface area contributed by atoms with Gasteiger partial charge in [0, 0.05) is 12.0 Å². The van der Waals surface area contributed by atoms with E-state index < -0.39 is 4.92 Å². The number of nitro groups is 1. The zero-order valence-corrected chi connectivity index (χ0v) is 19.3. The first-order valence-corrected chi connectivity index (χ1v) is 11.7. The number of amides is 1. The summed E-state index contributed by atoms with van der Waals surface area (Å²) in [6, 6.07) is 20.2. The second kappa shape index (κ2) is 8.95. The summed E-state index contributed by atoms with van der Waals surface area (Å²) >= 11 is 6.06. The van der Waals surface area contributed by atoms with Gasteiger partial charge in [0.2, 0.25) is 0 Å². The van der Waals surface area contributed by atoms with Crippen LogP contribution in [0.4, 0.5) is 11.4 Å². The standard InChI is InChI=1S/C27H24ClN3O3/c1-16(17-7-3-2-4-8-17)29-27(32)22-12-6-11-21-19-9-5-10-20(19)25(30-26(21)22)18-13-14-23(28)24(15-18)31(33)34/h2-9,11-16,19-20,25,30H,10H2,1H3,(H,29,32). The van der Waals surface area contributed by atoms with Crippen molar-refractivity contribution in [3.8, 4) is 0 Å². The van der Waals surface area contributed by atoms with Crippen LogP contribution in [0.15, 0.2) is 78.9 Å². The van der Waals surface area contributed by atoms with Gasteiger partial charge >= 0.3 is 0 Å². The molecule has 1 aliphatic heterocycles. The summed E-state index contributed by atoms with van der Waals surface area (Å²) in [5.74, 6) is 0.145. The number of nitro benzene ring substituents is 1. The zero-order chi connectivity index (χ0) is 23.8. The Morgan fingerprint density at radius 1 is 1.15 bits per heavy atom. The molecule has 2 aliphatic rings. The maximum atomic E-state index is 13.3. The first kappa shape index (κ1) is 22.2. The summed E-state index contributed by atoms with van der Waals surface area (Å²) in [4.78, 5) is 24.4. The number of fused-ring (bicyclic) bond motifs is 3. The predicted octanol–water partition coefficient (Wildman–Crippen LogP) is 6.57. The lowest BCUT2D eigenvalue weighted by Gasteiger charge is -2.38. The van der Waals surface area contributed by atoms with Crippen molar-refractivity contribution in [2.45, 2.75) is 31.3 Å². The molecule has 2 N–H and O–H groups in total. The Hall–Kier alpha value is -3.64. The van der Waals surface area contributed by atoms with Crippen LogP contribution in [0.25, 0.3) is 0 Å². The third kappa shape index (κ3) is 3.94. The summed E-state index contributed by atoms with van der Waals surface area (Å²) in [6.45, 7) is 1.96. The van der Waals surface area contributed by atoms with Crippen LogP contribution in [0.3, 0.4) is 0 Å². The van der Waals surface area contributed by atoms with Gasteiger partial charge in [-0.25, -0.2) is 0 Å². The van der Waals surface area contributed by atoms with Gasteiger partial charge in [-0.2, -0.15) is 0 Å². The molecule has 4 unspecified atom stereocenters. The molecular weight excluding hydrogens is 450 g/mol. The molecule has 6 nitrogen and oxygen atoms in total. The van der Waals surface area contributed by atoms with Crippen LogP contribution < -0.4 is 10.6 Å². The number of halogens is 1. The Labute approximate surface area is 202 Å². The van der Waals surface area contributed by atoms with Crippen molar-refractivity contribution in [2.24, 2.45) is 5.92 Å². The van der Waals surface area contributed by atoms with Crippen molar-refractivity contribution in [1.82, 2.24) is 5.32 Å². The van der Waals surface area contributed by atoms with Gasteiger partial charge in [0.05, 0.1) is 28.3 Å². The fraction of sp³-hybridized carbons (Fsp3) is 0.222. The summed E-state index contributed by atoms with van der Waals surface area (Å²) in [6.07, 6.45) is 5.17. The number of carbonyl (C=O) groups excluding carboxylic acids is 1. The number of anilines is 1. The average molecular weight is 474 g/mol. The number of carbonyl (C=O) groups is 1. The predicted molar refractivity (Wildman–Crippen MR) is 133 cm³/mol. The number of nitrogens with zero attached hydrogens (tertiary/aromatic N) is 1. The number of nitrogens with one attached hydrogen (secondary N) is 2. The first-order valence-electron chi connectivity index (χ1n) is 11.3. The second-order valence-corrected chi connectivity index (χ2v) is 9.23. The number of hydrogen-bond acceptors (Lipinski definition) is 4. The number of benzene rings is 3. The van der Waals surface area contributed by atoms with E-state index in [1.54, 1.807) is 12.1 Å². The Bertz CT molecular complexity index is 1290.